The second-order valence-corrected chi connectivity index (χ2v) is 9.89. The molecule has 8 nitrogen and oxygen atoms in total. The Morgan fingerprint density at radius 1 is 0.833 bits per heavy atom. The number of ether oxygens (including phenoxy) is 1. The van der Waals surface area contributed by atoms with Crippen molar-refractivity contribution >= 4 is 33.9 Å². The van der Waals surface area contributed by atoms with Crippen LogP contribution < -0.4 is 4.74 Å². The first-order chi connectivity index (χ1) is 17.3. The van der Waals surface area contributed by atoms with E-state index in [0.717, 1.165) is 0 Å². The highest BCUT2D eigenvalue weighted by Gasteiger charge is 2.65. The number of aliphatic hydroxyl groups excluding tert-OH is 1. The number of aliphatic hydroxyl groups is 1. The molecule has 0 bridgehead atoms. The van der Waals surface area contributed by atoms with Crippen LogP contribution in [0.4, 0.5) is 0 Å². The van der Waals surface area contributed by atoms with E-state index in [1.54, 1.807) is 12.1 Å². The van der Waals surface area contributed by atoms with Crippen LogP contribution in [0.2, 0.25) is 0 Å². The topological polar surface area (TPSA) is 141 Å². The van der Waals surface area contributed by atoms with Gasteiger partial charge in [-0.05, 0) is 30.9 Å². The molecule has 3 aliphatic carbocycles. The third kappa shape index (κ3) is 2.23. The summed E-state index contributed by atoms with van der Waals surface area (Å²) in [7, 11) is 0. The second-order valence-electron chi connectivity index (χ2n) is 9.89. The van der Waals surface area contributed by atoms with Gasteiger partial charge < -0.3 is 25.2 Å². The highest BCUT2D eigenvalue weighted by Crippen LogP contribution is 2.62. The molecule has 1 heterocycles. The predicted octanol–water partition coefficient (Wildman–Crippen LogP) is 4.29. The quantitative estimate of drug-likeness (QED) is 0.370. The average Bonchev–Trinajstić information content (AvgIpc) is 2.85. The zero-order valence-corrected chi connectivity index (χ0v) is 18.9. The molecule has 4 aliphatic rings. The van der Waals surface area contributed by atoms with Crippen molar-refractivity contribution in [2.45, 2.75) is 37.2 Å². The standard InChI is InChI=1S/C28H20O8/c29-15-5-1-3-12-19(15)24(33)22-17(31)9-7-11-14-8-10-18(32)23-25(34)20-13(4-2-6-16(20)30)27(35)28(14,23)36-26(12)21(11)22/h1-6,11,14,29-30,33-34H,7-10H2. The Morgan fingerprint density at radius 3 is 2.36 bits per heavy atom. The number of benzene rings is 3. The summed E-state index contributed by atoms with van der Waals surface area (Å²) in [6.45, 7) is 0. The summed E-state index contributed by atoms with van der Waals surface area (Å²) in [4.78, 5) is 40.6. The maximum atomic E-state index is 14.3. The first-order valence-electron chi connectivity index (χ1n) is 11.8. The third-order valence-electron chi connectivity index (χ3n) is 8.31. The minimum Gasteiger partial charge on any atom is -0.507 e. The lowest BCUT2D eigenvalue weighted by atomic mass is 9.56. The monoisotopic (exact) mass is 484 g/mol. The molecule has 1 saturated carbocycles. The summed E-state index contributed by atoms with van der Waals surface area (Å²) in [6, 6.07) is 8.84. The van der Waals surface area contributed by atoms with Crippen molar-refractivity contribution in [2.75, 3.05) is 0 Å². The van der Waals surface area contributed by atoms with E-state index in [0.29, 0.717) is 17.4 Å². The summed E-state index contributed by atoms with van der Waals surface area (Å²) < 4.78 is 6.55. The van der Waals surface area contributed by atoms with Gasteiger partial charge in [-0.2, -0.15) is 0 Å². The molecule has 3 unspecified atom stereocenters. The third-order valence-corrected chi connectivity index (χ3v) is 8.31. The van der Waals surface area contributed by atoms with Crippen LogP contribution in [-0.2, 0) is 4.79 Å². The Bertz CT molecular complexity index is 1630. The number of ketones is 3. The van der Waals surface area contributed by atoms with Gasteiger partial charge in [0.25, 0.3) is 0 Å². The molecule has 0 saturated heterocycles. The summed E-state index contributed by atoms with van der Waals surface area (Å²) in [5.41, 5.74) is -1.58. The molecule has 180 valence electrons. The van der Waals surface area contributed by atoms with Crippen LogP contribution in [0.5, 0.6) is 23.0 Å². The smallest absolute Gasteiger partial charge is 0.212 e. The molecule has 0 radical (unpaired) electrons. The Labute approximate surface area is 204 Å². The van der Waals surface area contributed by atoms with Gasteiger partial charge in [-0.3, -0.25) is 14.4 Å². The number of carbonyl (C=O) groups is 3. The Hall–Kier alpha value is -4.33. The molecule has 1 fully saturated rings. The maximum Gasteiger partial charge on any atom is 0.212 e. The SMILES string of the molecule is O=C1CCC2C3CCC(=O)c4c3c(c3cccc(O)c3c4O)OC23C(=O)c2cccc(O)c2C(O)=C13. The van der Waals surface area contributed by atoms with E-state index in [4.69, 9.17) is 4.74 Å². The highest BCUT2D eigenvalue weighted by molar-refractivity contribution is 6.22. The zero-order valence-electron chi connectivity index (χ0n) is 18.9. The summed E-state index contributed by atoms with van der Waals surface area (Å²) in [5.74, 6) is -3.56. The van der Waals surface area contributed by atoms with Crippen LogP contribution in [0.25, 0.3) is 16.5 Å². The van der Waals surface area contributed by atoms with E-state index < -0.39 is 34.8 Å². The maximum absolute atomic E-state index is 14.3. The van der Waals surface area contributed by atoms with Gasteiger partial charge in [-0.25, -0.2) is 0 Å². The molecule has 0 amide bonds. The van der Waals surface area contributed by atoms with Crippen molar-refractivity contribution in [1.29, 1.82) is 0 Å². The van der Waals surface area contributed by atoms with E-state index in [-0.39, 0.29) is 75.7 Å². The minimum absolute atomic E-state index is 0.0216. The normalized spacial score (nSPS) is 26.2. The molecule has 1 aliphatic heterocycles. The zero-order chi connectivity index (χ0) is 25.1. The van der Waals surface area contributed by atoms with Gasteiger partial charge in [0.1, 0.15) is 28.8 Å². The number of rotatable bonds is 0. The number of aromatic hydroxyl groups is 3. The molecular formula is C28H20O8. The van der Waals surface area contributed by atoms with Gasteiger partial charge in [0.15, 0.2) is 11.6 Å². The summed E-state index contributed by atoms with van der Waals surface area (Å²) in [5, 5.41) is 43.8. The van der Waals surface area contributed by atoms with Crippen molar-refractivity contribution in [3.63, 3.8) is 0 Å². The first-order valence-corrected chi connectivity index (χ1v) is 11.8. The van der Waals surface area contributed by atoms with Crippen LogP contribution in [0.3, 0.4) is 0 Å². The minimum atomic E-state index is -1.87. The van der Waals surface area contributed by atoms with E-state index in [1.807, 2.05) is 0 Å². The number of hydrogen-bond donors (Lipinski definition) is 4. The van der Waals surface area contributed by atoms with Gasteiger partial charge in [-0.15, -0.1) is 0 Å². The molecule has 7 rings (SSSR count). The molecule has 8 heteroatoms. The van der Waals surface area contributed by atoms with Crippen molar-refractivity contribution in [1.82, 2.24) is 0 Å². The van der Waals surface area contributed by atoms with E-state index in [2.05, 4.69) is 0 Å². The fraction of sp³-hybridized carbons (Fsp3) is 0.250. The molecule has 1 spiro atoms. The number of hydrogen-bond acceptors (Lipinski definition) is 8. The lowest BCUT2D eigenvalue weighted by Gasteiger charge is -2.53. The van der Waals surface area contributed by atoms with Crippen LogP contribution >= 0.6 is 0 Å². The van der Waals surface area contributed by atoms with Crippen LogP contribution in [0, 0.1) is 5.92 Å². The van der Waals surface area contributed by atoms with Gasteiger partial charge in [0.05, 0.1) is 22.1 Å². The number of phenolic OH excluding ortho intramolecular Hbond substituents is 3. The Kier molecular flexibility index (Phi) is 3.88. The molecular weight excluding hydrogens is 464 g/mol. The van der Waals surface area contributed by atoms with Gasteiger partial charge >= 0.3 is 0 Å². The Morgan fingerprint density at radius 2 is 1.56 bits per heavy atom. The lowest BCUT2D eigenvalue weighted by Crippen LogP contribution is -2.62. The van der Waals surface area contributed by atoms with E-state index >= 15 is 0 Å². The van der Waals surface area contributed by atoms with Crippen LogP contribution in [0.1, 0.15) is 63.4 Å². The Balaban J connectivity index is 1.63. The first kappa shape index (κ1) is 21.0. The predicted molar refractivity (Wildman–Crippen MR) is 127 cm³/mol. The molecule has 3 atom stereocenters. The lowest BCUT2D eigenvalue weighted by molar-refractivity contribution is -0.121. The highest BCUT2D eigenvalue weighted by atomic mass is 16.5. The van der Waals surface area contributed by atoms with Gasteiger partial charge in [0.2, 0.25) is 11.4 Å². The van der Waals surface area contributed by atoms with E-state index in [9.17, 15) is 34.8 Å². The molecule has 0 aromatic heterocycles. The number of carbonyl (C=O) groups excluding carboxylic acids is 3. The van der Waals surface area contributed by atoms with Crippen LogP contribution in [0.15, 0.2) is 42.0 Å². The number of Topliss-reactive ketones (excluding diaryl/α,β-unsaturated/α-hetero) is 3. The van der Waals surface area contributed by atoms with Crippen molar-refractivity contribution in [3.8, 4) is 23.0 Å². The van der Waals surface area contributed by atoms with E-state index in [1.165, 1.54) is 24.3 Å². The van der Waals surface area contributed by atoms with Crippen molar-refractivity contribution in [2.24, 2.45) is 5.92 Å². The fourth-order valence-electron chi connectivity index (χ4n) is 6.91. The summed E-state index contributed by atoms with van der Waals surface area (Å²) >= 11 is 0. The average molecular weight is 484 g/mol. The second kappa shape index (κ2) is 6.66. The fourth-order valence-corrected chi connectivity index (χ4v) is 6.91. The largest absolute Gasteiger partial charge is 0.507 e. The molecule has 36 heavy (non-hydrogen) atoms. The van der Waals surface area contributed by atoms with Crippen LogP contribution in [-0.4, -0.2) is 43.4 Å². The molecule has 3 aromatic carbocycles. The molecule has 3 aromatic rings. The summed E-state index contributed by atoms with van der Waals surface area (Å²) in [6.07, 6.45) is 0.828. The van der Waals surface area contributed by atoms with Crippen molar-refractivity contribution < 1.29 is 39.5 Å². The number of phenols is 3. The molecule has 4 N–H and O–H groups in total. The van der Waals surface area contributed by atoms with Gasteiger partial charge in [0, 0.05) is 35.3 Å². The van der Waals surface area contributed by atoms with Gasteiger partial charge in [-0.1, -0.05) is 24.3 Å². The number of fused-ring (bicyclic) bond motifs is 4. The van der Waals surface area contributed by atoms with Crippen molar-refractivity contribution in [3.05, 3.63) is 64.2 Å².